The minimum absolute atomic E-state index is 0.311. The average Bonchev–Trinajstić information content (AvgIpc) is 2.54. The third-order valence-corrected chi connectivity index (χ3v) is 4.55. The lowest BCUT2D eigenvalue weighted by Gasteiger charge is -2.25. The Morgan fingerprint density at radius 2 is 1.45 bits per heavy atom. The zero-order valence-corrected chi connectivity index (χ0v) is 7.05. The first-order valence-corrected chi connectivity index (χ1v) is 5.08. The molecule has 0 bridgehead atoms. The van der Waals surface area contributed by atoms with Crippen LogP contribution in [0.3, 0.4) is 0 Å². The van der Waals surface area contributed by atoms with Gasteiger partial charge in [0, 0.05) is 5.54 Å². The van der Waals surface area contributed by atoms with Gasteiger partial charge in [-0.25, -0.2) is 0 Å². The van der Waals surface area contributed by atoms with Crippen molar-refractivity contribution in [2.75, 3.05) is 0 Å². The zero-order valence-electron chi connectivity index (χ0n) is 7.05. The van der Waals surface area contributed by atoms with Crippen LogP contribution in [0.4, 0.5) is 0 Å². The quantitative estimate of drug-likeness (QED) is 0.562. The van der Waals surface area contributed by atoms with Crippen LogP contribution in [0.15, 0.2) is 0 Å². The maximum Gasteiger partial charge on any atom is 0.0188 e. The van der Waals surface area contributed by atoms with E-state index < -0.39 is 0 Å². The molecule has 0 heterocycles. The summed E-state index contributed by atoms with van der Waals surface area (Å²) in [6, 6.07) is 0. The van der Waals surface area contributed by atoms with Crippen LogP contribution in [-0.2, 0) is 0 Å². The van der Waals surface area contributed by atoms with E-state index in [1.807, 2.05) is 0 Å². The van der Waals surface area contributed by atoms with Crippen LogP contribution >= 0.6 is 0 Å². The summed E-state index contributed by atoms with van der Waals surface area (Å²) < 4.78 is 0. The molecular weight excluding hydrogens is 134 g/mol. The molecule has 3 saturated carbocycles. The van der Waals surface area contributed by atoms with Crippen molar-refractivity contribution in [1.29, 1.82) is 0 Å². The van der Waals surface area contributed by atoms with Gasteiger partial charge in [0.25, 0.3) is 0 Å². The van der Waals surface area contributed by atoms with Gasteiger partial charge in [-0.05, 0) is 56.3 Å². The Bertz CT molecular complexity index is 171. The van der Waals surface area contributed by atoms with Crippen molar-refractivity contribution < 1.29 is 0 Å². The minimum atomic E-state index is 0.311. The van der Waals surface area contributed by atoms with Gasteiger partial charge in [0.2, 0.25) is 0 Å². The predicted molar refractivity (Wildman–Crippen MR) is 45.1 cm³/mol. The third kappa shape index (κ3) is 0.658. The van der Waals surface area contributed by atoms with Gasteiger partial charge in [-0.2, -0.15) is 0 Å². The van der Waals surface area contributed by atoms with Crippen LogP contribution in [0.5, 0.6) is 0 Å². The van der Waals surface area contributed by atoms with Gasteiger partial charge in [-0.1, -0.05) is 0 Å². The highest BCUT2D eigenvalue weighted by Crippen LogP contribution is 2.59. The first-order valence-electron chi connectivity index (χ1n) is 5.08. The van der Waals surface area contributed by atoms with Gasteiger partial charge in [0.1, 0.15) is 0 Å². The van der Waals surface area contributed by atoms with Crippen molar-refractivity contribution in [2.24, 2.45) is 23.5 Å². The maximum atomic E-state index is 6.39. The second-order valence-corrected chi connectivity index (χ2v) is 4.93. The van der Waals surface area contributed by atoms with Crippen molar-refractivity contribution in [2.45, 2.75) is 44.1 Å². The molecule has 3 aliphatic carbocycles. The Kier molecular flexibility index (Phi) is 1.07. The molecule has 0 saturated heterocycles. The molecule has 3 rings (SSSR count). The summed E-state index contributed by atoms with van der Waals surface area (Å²) in [5.74, 6) is 3.02. The zero-order chi connectivity index (χ0) is 7.47. The largest absolute Gasteiger partial charge is 0.325 e. The monoisotopic (exact) mass is 151 g/mol. The lowest BCUT2D eigenvalue weighted by molar-refractivity contribution is 0.308. The molecule has 3 fully saturated rings. The number of rotatable bonds is 0. The summed E-state index contributed by atoms with van der Waals surface area (Å²) in [4.78, 5) is 0. The topological polar surface area (TPSA) is 26.0 Å². The molecule has 2 N–H and O–H groups in total. The van der Waals surface area contributed by atoms with E-state index in [9.17, 15) is 0 Å². The Morgan fingerprint density at radius 3 is 2.00 bits per heavy atom. The predicted octanol–water partition coefficient (Wildman–Crippen LogP) is 1.91. The summed E-state index contributed by atoms with van der Waals surface area (Å²) in [7, 11) is 0. The first-order chi connectivity index (χ1) is 5.30. The van der Waals surface area contributed by atoms with E-state index in [1.165, 1.54) is 38.5 Å². The Labute approximate surface area is 68.3 Å². The molecule has 2 atom stereocenters. The molecule has 0 aliphatic heterocycles. The molecule has 0 radical (unpaired) electrons. The van der Waals surface area contributed by atoms with E-state index in [1.54, 1.807) is 0 Å². The highest BCUT2D eigenvalue weighted by Gasteiger charge is 2.55. The Hall–Kier alpha value is -0.0400. The van der Waals surface area contributed by atoms with Gasteiger partial charge in [-0.3, -0.25) is 0 Å². The Morgan fingerprint density at radius 1 is 0.909 bits per heavy atom. The SMILES string of the molecule is NC12CCC3CCC(CC1)C32. The summed E-state index contributed by atoms with van der Waals surface area (Å²) in [5.41, 5.74) is 6.70. The fraction of sp³-hybridized carbons (Fsp3) is 1.00. The van der Waals surface area contributed by atoms with Crippen molar-refractivity contribution in [1.82, 2.24) is 0 Å². The van der Waals surface area contributed by atoms with Gasteiger partial charge in [-0.15, -0.1) is 0 Å². The number of hydrogen-bond acceptors (Lipinski definition) is 1. The van der Waals surface area contributed by atoms with Gasteiger partial charge in [0.05, 0.1) is 0 Å². The Balaban J connectivity index is 2.00. The summed E-state index contributed by atoms with van der Waals surface area (Å²) in [6.45, 7) is 0. The second-order valence-electron chi connectivity index (χ2n) is 4.93. The normalized spacial score (nSPS) is 60.3. The van der Waals surface area contributed by atoms with Gasteiger partial charge in [0.15, 0.2) is 0 Å². The average molecular weight is 151 g/mol. The van der Waals surface area contributed by atoms with Crippen LogP contribution in [-0.4, -0.2) is 5.54 Å². The van der Waals surface area contributed by atoms with Crippen molar-refractivity contribution in [3.63, 3.8) is 0 Å². The summed E-state index contributed by atoms with van der Waals surface area (Å²) in [6.07, 6.45) is 8.54. The van der Waals surface area contributed by atoms with Crippen LogP contribution in [0.25, 0.3) is 0 Å². The molecular formula is C10H17N. The summed E-state index contributed by atoms with van der Waals surface area (Å²) in [5, 5.41) is 0. The number of hydrogen-bond donors (Lipinski definition) is 1. The lowest BCUT2D eigenvalue weighted by atomic mass is 9.87. The van der Waals surface area contributed by atoms with E-state index in [0.717, 1.165) is 17.8 Å². The van der Waals surface area contributed by atoms with Gasteiger partial charge < -0.3 is 5.73 Å². The van der Waals surface area contributed by atoms with E-state index in [2.05, 4.69) is 0 Å². The molecule has 11 heavy (non-hydrogen) atoms. The fourth-order valence-electron chi connectivity index (χ4n) is 4.13. The van der Waals surface area contributed by atoms with Crippen LogP contribution in [0.1, 0.15) is 38.5 Å². The molecule has 0 aromatic carbocycles. The second kappa shape index (κ2) is 1.82. The molecule has 1 nitrogen and oxygen atoms in total. The van der Waals surface area contributed by atoms with Crippen LogP contribution in [0, 0.1) is 17.8 Å². The highest BCUT2D eigenvalue weighted by atomic mass is 14.8. The third-order valence-electron chi connectivity index (χ3n) is 4.55. The standard InChI is InChI=1S/C10H17N/c11-10-5-3-7-1-2-8(4-6-10)9(7)10/h7-9H,1-6,11H2. The van der Waals surface area contributed by atoms with E-state index in [-0.39, 0.29) is 0 Å². The smallest absolute Gasteiger partial charge is 0.0188 e. The van der Waals surface area contributed by atoms with Crippen molar-refractivity contribution in [3.8, 4) is 0 Å². The molecule has 0 aromatic heterocycles. The first kappa shape index (κ1) is 6.47. The maximum absolute atomic E-state index is 6.39. The highest BCUT2D eigenvalue weighted by molar-refractivity contribution is 5.10. The van der Waals surface area contributed by atoms with E-state index >= 15 is 0 Å². The van der Waals surface area contributed by atoms with E-state index in [0.29, 0.717) is 5.54 Å². The molecule has 1 heteroatoms. The molecule has 0 spiro atoms. The van der Waals surface area contributed by atoms with Crippen LogP contribution < -0.4 is 5.73 Å². The lowest BCUT2D eigenvalue weighted by Crippen LogP contribution is -2.40. The van der Waals surface area contributed by atoms with Crippen LogP contribution in [0.2, 0.25) is 0 Å². The van der Waals surface area contributed by atoms with Gasteiger partial charge >= 0.3 is 0 Å². The molecule has 3 aliphatic rings. The fourth-order valence-corrected chi connectivity index (χ4v) is 4.13. The van der Waals surface area contributed by atoms with Crippen molar-refractivity contribution in [3.05, 3.63) is 0 Å². The molecule has 0 amide bonds. The van der Waals surface area contributed by atoms with Crippen molar-refractivity contribution >= 4 is 0 Å². The molecule has 2 unspecified atom stereocenters. The minimum Gasteiger partial charge on any atom is -0.325 e. The summed E-state index contributed by atoms with van der Waals surface area (Å²) >= 11 is 0. The molecule has 62 valence electrons. The molecule has 0 aromatic rings. The number of nitrogens with two attached hydrogens (primary N) is 1. The van der Waals surface area contributed by atoms with E-state index in [4.69, 9.17) is 5.73 Å².